The molecule has 434 valence electrons. The highest BCUT2D eigenvalue weighted by molar-refractivity contribution is 6.20. The zero-order valence-electron chi connectivity index (χ0n) is 51.0. The molecule has 0 aliphatic heterocycles. The first kappa shape index (κ1) is 51.5. The van der Waals surface area contributed by atoms with Gasteiger partial charge in [0.15, 0.2) is 5.82 Å². The van der Waals surface area contributed by atoms with Crippen LogP contribution in [0.2, 0.25) is 0 Å². The molecule has 4 aliphatic rings. The topological polar surface area (TPSA) is 35.6 Å². The Balaban J connectivity index is 0.809. The van der Waals surface area contributed by atoms with Crippen molar-refractivity contribution in [1.82, 2.24) is 19.1 Å². The van der Waals surface area contributed by atoms with Crippen LogP contribution in [0.15, 0.2) is 328 Å². The number of hydrogen-bond donors (Lipinski definition) is 0. The largest absolute Gasteiger partial charge is 0.309 e. The Morgan fingerprint density at radius 3 is 1.05 bits per heavy atom. The SMILES string of the molecule is c1ccc(-c2cc(-c3cccc(-n4c5ccc(-c6ccc7c(c6)c6ccc8c(c6n7-c6ccccc6)-c6ccccc6C86c7ccccc7-c7ccccc76)cc5c5ccc6c(c54)-c4ccccc4C64c5ccccc5-c5ccccc54)c3)nc(-c3ccccc3)n2)cc1. The molecule has 0 N–H and O–H groups in total. The van der Waals surface area contributed by atoms with Gasteiger partial charge < -0.3 is 9.13 Å². The van der Waals surface area contributed by atoms with Crippen molar-refractivity contribution in [3.8, 4) is 101 Å². The number of para-hydroxylation sites is 1. The van der Waals surface area contributed by atoms with E-state index < -0.39 is 10.8 Å². The third kappa shape index (κ3) is 6.70. The van der Waals surface area contributed by atoms with Gasteiger partial charge in [0.05, 0.1) is 44.3 Å². The van der Waals surface area contributed by atoms with Crippen molar-refractivity contribution < 1.29 is 0 Å². The van der Waals surface area contributed by atoms with Crippen LogP contribution in [0.25, 0.3) is 145 Å². The molecule has 0 saturated carbocycles. The van der Waals surface area contributed by atoms with Crippen molar-refractivity contribution in [3.05, 3.63) is 372 Å². The van der Waals surface area contributed by atoms with Crippen LogP contribution in [0, 0.1) is 0 Å². The summed E-state index contributed by atoms with van der Waals surface area (Å²) in [5, 5.41) is 4.84. The Bertz CT molecular complexity index is 5960. The molecule has 0 bridgehead atoms. The van der Waals surface area contributed by atoms with E-state index in [0.29, 0.717) is 5.82 Å². The third-order valence-corrected chi connectivity index (χ3v) is 21.3. The first-order valence-corrected chi connectivity index (χ1v) is 32.6. The summed E-state index contributed by atoms with van der Waals surface area (Å²) < 4.78 is 5.10. The molecular formula is C90H54N4. The number of benzene rings is 14. The van der Waals surface area contributed by atoms with Crippen LogP contribution in [-0.2, 0) is 10.8 Å². The van der Waals surface area contributed by atoms with E-state index in [1.807, 2.05) is 6.07 Å². The standard InChI is InChI=1S/C90H54N4/c1-4-23-55(24-5-1)80-54-81(92-88(91-80)56-25-6-2-7-26-56)59-27-22-30-61(51-59)94-83-50-44-58(53-71(83)67-46-48-79-85(87(67)94)69-36-15-21-42-77(69)90(79)74-39-18-12-33-64(74)65-34-13-19-40-75(65)90)57-43-49-82-70(52-57)66-45-47-78-84(86(66)93(82)60-28-8-3-9-29-60)68-35-14-20-41-76(68)89(78)72-37-16-10-31-62(72)63-32-11-17-38-73(63)89/h1-54H. The first-order valence-electron chi connectivity index (χ1n) is 32.6. The van der Waals surface area contributed by atoms with Crippen molar-refractivity contribution in [2.45, 2.75) is 10.8 Å². The molecule has 0 fully saturated rings. The Labute approximate surface area is 543 Å². The molecule has 0 amide bonds. The molecule has 17 aromatic rings. The fourth-order valence-electron chi connectivity index (χ4n) is 17.7. The highest BCUT2D eigenvalue weighted by atomic mass is 15.0. The van der Waals surface area contributed by atoms with Crippen LogP contribution in [0.4, 0.5) is 0 Å². The summed E-state index contributed by atoms with van der Waals surface area (Å²) in [6, 6.07) is 122. The van der Waals surface area contributed by atoms with Crippen LogP contribution < -0.4 is 0 Å². The average Bonchev–Trinajstić information content (AvgIpc) is 1.51. The minimum atomic E-state index is -0.520. The van der Waals surface area contributed by atoms with E-state index in [-0.39, 0.29) is 0 Å². The summed E-state index contributed by atoms with van der Waals surface area (Å²) in [5.41, 5.74) is 34.0. The lowest BCUT2D eigenvalue weighted by Gasteiger charge is -2.30. The molecule has 0 unspecified atom stereocenters. The van der Waals surface area contributed by atoms with Gasteiger partial charge in [-0.2, -0.15) is 0 Å². The zero-order chi connectivity index (χ0) is 61.4. The quantitative estimate of drug-likeness (QED) is 0.166. The van der Waals surface area contributed by atoms with Gasteiger partial charge in [-0.05, 0) is 144 Å². The van der Waals surface area contributed by atoms with Crippen LogP contribution in [0.1, 0.15) is 44.5 Å². The van der Waals surface area contributed by atoms with Crippen molar-refractivity contribution in [2.75, 3.05) is 0 Å². The van der Waals surface area contributed by atoms with Gasteiger partial charge in [0.2, 0.25) is 0 Å². The fraction of sp³-hybridized carbons (Fsp3) is 0.0222. The Hall–Kier alpha value is -12.2. The Morgan fingerprint density at radius 1 is 0.223 bits per heavy atom. The molecule has 3 heterocycles. The molecule has 14 aromatic carbocycles. The third-order valence-electron chi connectivity index (χ3n) is 21.3. The molecule has 4 heteroatoms. The highest BCUT2D eigenvalue weighted by Gasteiger charge is 2.54. The number of fused-ring (bicyclic) bond motifs is 28. The Kier molecular flexibility index (Phi) is 10.5. The molecular weight excluding hydrogens is 1140 g/mol. The number of nitrogens with zero attached hydrogens (tertiary/aromatic N) is 4. The summed E-state index contributed by atoms with van der Waals surface area (Å²) in [4.78, 5) is 10.6. The normalized spacial score (nSPS) is 13.7. The maximum Gasteiger partial charge on any atom is 0.160 e. The van der Waals surface area contributed by atoms with Crippen LogP contribution in [0.5, 0.6) is 0 Å². The predicted octanol–water partition coefficient (Wildman–Crippen LogP) is 22.0. The average molecular weight is 1190 g/mol. The highest BCUT2D eigenvalue weighted by Crippen LogP contribution is 2.66. The zero-order valence-corrected chi connectivity index (χ0v) is 51.0. The van der Waals surface area contributed by atoms with Crippen molar-refractivity contribution >= 4 is 43.6 Å². The van der Waals surface area contributed by atoms with Gasteiger partial charge in [0, 0.05) is 60.7 Å². The Morgan fingerprint density at radius 2 is 0.585 bits per heavy atom. The minimum absolute atomic E-state index is 0.463. The molecule has 0 radical (unpaired) electrons. The number of hydrogen-bond acceptors (Lipinski definition) is 2. The second-order valence-corrected chi connectivity index (χ2v) is 25.8. The van der Waals surface area contributed by atoms with Gasteiger partial charge in [-0.25, -0.2) is 9.97 Å². The van der Waals surface area contributed by atoms with E-state index in [2.05, 4.69) is 331 Å². The van der Waals surface area contributed by atoms with Gasteiger partial charge in [-0.15, -0.1) is 0 Å². The van der Waals surface area contributed by atoms with Crippen molar-refractivity contribution in [2.24, 2.45) is 0 Å². The van der Waals surface area contributed by atoms with E-state index >= 15 is 0 Å². The lowest BCUT2D eigenvalue weighted by molar-refractivity contribution is 0.794. The van der Waals surface area contributed by atoms with Gasteiger partial charge in [0.25, 0.3) is 0 Å². The summed E-state index contributed by atoms with van der Waals surface area (Å²) in [7, 11) is 0. The van der Waals surface area contributed by atoms with Crippen LogP contribution in [0.3, 0.4) is 0 Å². The smallest absolute Gasteiger partial charge is 0.160 e. The molecule has 0 atom stereocenters. The second-order valence-electron chi connectivity index (χ2n) is 25.8. The lowest BCUT2D eigenvalue weighted by Crippen LogP contribution is -2.25. The van der Waals surface area contributed by atoms with Gasteiger partial charge >= 0.3 is 0 Å². The van der Waals surface area contributed by atoms with Crippen molar-refractivity contribution in [1.29, 1.82) is 0 Å². The maximum atomic E-state index is 5.37. The van der Waals surface area contributed by atoms with Crippen LogP contribution >= 0.6 is 0 Å². The van der Waals surface area contributed by atoms with Crippen molar-refractivity contribution in [3.63, 3.8) is 0 Å². The molecule has 3 aromatic heterocycles. The molecule has 94 heavy (non-hydrogen) atoms. The lowest BCUT2D eigenvalue weighted by atomic mass is 9.70. The van der Waals surface area contributed by atoms with E-state index in [9.17, 15) is 0 Å². The molecule has 4 aliphatic carbocycles. The summed E-state index contributed by atoms with van der Waals surface area (Å²) in [6.45, 7) is 0. The molecule has 21 rings (SSSR count). The number of rotatable bonds is 6. The van der Waals surface area contributed by atoms with E-state index in [4.69, 9.17) is 9.97 Å². The summed E-state index contributed by atoms with van der Waals surface area (Å²) >= 11 is 0. The van der Waals surface area contributed by atoms with E-state index in [0.717, 1.165) is 56.1 Å². The fourth-order valence-corrected chi connectivity index (χ4v) is 17.7. The molecule has 4 nitrogen and oxygen atoms in total. The van der Waals surface area contributed by atoms with Gasteiger partial charge in [-0.1, -0.05) is 273 Å². The van der Waals surface area contributed by atoms with Gasteiger partial charge in [0.1, 0.15) is 0 Å². The monoisotopic (exact) mass is 1190 g/mol. The first-order chi connectivity index (χ1) is 46.6. The summed E-state index contributed by atoms with van der Waals surface area (Å²) in [6.07, 6.45) is 0. The van der Waals surface area contributed by atoms with E-state index in [1.54, 1.807) is 0 Å². The van der Waals surface area contributed by atoms with Crippen LogP contribution in [-0.4, -0.2) is 19.1 Å². The predicted molar refractivity (Wildman–Crippen MR) is 385 cm³/mol. The minimum Gasteiger partial charge on any atom is -0.309 e. The molecule has 2 spiro atoms. The summed E-state index contributed by atoms with van der Waals surface area (Å²) in [5.74, 6) is 0.690. The number of aromatic nitrogens is 4. The van der Waals surface area contributed by atoms with Gasteiger partial charge in [-0.3, -0.25) is 0 Å². The maximum absolute atomic E-state index is 5.37. The molecule has 0 saturated heterocycles. The van der Waals surface area contributed by atoms with E-state index in [1.165, 1.54) is 127 Å². The second kappa shape index (κ2) is 19.2.